The van der Waals surface area contributed by atoms with E-state index in [0.29, 0.717) is 34.6 Å². The second kappa shape index (κ2) is 9.07. The Morgan fingerprint density at radius 3 is 2.62 bits per heavy atom. The lowest BCUT2D eigenvalue weighted by molar-refractivity contribution is -0.0708. The first kappa shape index (κ1) is 23.8. The number of aromatic nitrogens is 5. The van der Waals surface area contributed by atoms with E-state index in [4.69, 9.17) is 0 Å². The summed E-state index contributed by atoms with van der Waals surface area (Å²) in [6.45, 7) is 6.35. The molecule has 1 aliphatic heterocycles. The molecule has 37 heavy (non-hydrogen) atoms. The van der Waals surface area contributed by atoms with E-state index in [9.17, 15) is 9.59 Å². The lowest BCUT2D eigenvalue weighted by Gasteiger charge is -2.59. The van der Waals surface area contributed by atoms with Gasteiger partial charge in [0, 0.05) is 56.4 Å². The third-order valence-corrected chi connectivity index (χ3v) is 8.93. The van der Waals surface area contributed by atoms with Crippen LogP contribution in [-0.2, 0) is 7.05 Å². The minimum atomic E-state index is -0.294. The van der Waals surface area contributed by atoms with Gasteiger partial charge < -0.3 is 10.6 Å². The summed E-state index contributed by atoms with van der Waals surface area (Å²) in [5, 5.41) is 14.7. The van der Waals surface area contributed by atoms with Crippen LogP contribution in [-0.4, -0.2) is 66.3 Å². The molecule has 4 aromatic heterocycles. The van der Waals surface area contributed by atoms with E-state index in [1.807, 2.05) is 26.4 Å². The number of carbonyl (C=O) groups is 2. The van der Waals surface area contributed by atoms with Crippen LogP contribution in [0.2, 0.25) is 0 Å². The Labute approximate surface area is 218 Å². The zero-order chi connectivity index (χ0) is 25.7. The number of fused-ring (bicyclic) bond motifs is 1. The van der Waals surface area contributed by atoms with Crippen molar-refractivity contribution >= 4 is 33.7 Å². The predicted molar refractivity (Wildman–Crippen MR) is 142 cm³/mol. The van der Waals surface area contributed by atoms with Crippen molar-refractivity contribution in [2.45, 2.75) is 45.1 Å². The van der Waals surface area contributed by atoms with Gasteiger partial charge in [-0.1, -0.05) is 0 Å². The molecule has 1 spiro atoms. The Hall–Kier alpha value is -3.57. The summed E-state index contributed by atoms with van der Waals surface area (Å²) >= 11 is 1.49. The third kappa shape index (κ3) is 4.21. The Morgan fingerprint density at radius 2 is 1.95 bits per heavy atom. The molecule has 10 nitrogen and oxygen atoms in total. The van der Waals surface area contributed by atoms with Crippen LogP contribution in [0.15, 0.2) is 30.9 Å². The van der Waals surface area contributed by atoms with Crippen molar-refractivity contribution in [3.05, 3.63) is 53.4 Å². The van der Waals surface area contributed by atoms with Crippen molar-refractivity contribution in [2.75, 3.05) is 25.0 Å². The molecule has 1 aliphatic carbocycles. The highest BCUT2D eigenvalue weighted by Gasteiger charge is 2.48. The highest BCUT2D eigenvalue weighted by Crippen LogP contribution is 2.46. The molecule has 6 rings (SSSR count). The van der Waals surface area contributed by atoms with Crippen LogP contribution in [0.5, 0.6) is 0 Å². The molecule has 0 bridgehead atoms. The molecule has 2 fully saturated rings. The van der Waals surface area contributed by atoms with Crippen molar-refractivity contribution in [3.63, 3.8) is 0 Å². The van der Waals surface area contributed by atoms with Gasteiger partial charge in [0.2, 0.25) is 0 Å². The molecule has 11 heteroatoms. The van der Waals surface area contributed by atoms with E-state index in [0.717, 1.165) is 34.1 Å². The highest BCUT2D eigenvalue weighted by molar-refractivity contribution is 7.21. The topological polar surface area (TPSA) is 109 Å². The number of carbonyl (C=O) groups excluding carboxylic acids is 2. The molecule has 0 unspecified atom stereocenters. The number of amides is 2. The maximum absolute atomic E-state index is 13.2. The maximum Gasteiger partial charge on any atom is 0.260 e. The van der Waals surface area contributed by atoms with Crippen LogP contribution in [0.1, 0.15) is 57.8 Å². The fourth-order valence-electron chi connectivity index (χ4n) is 5.37. The minimum absolute atomic E-state index is 0.186. The molecule has 5 heterocycles. The van der Waals surface area contributed by atoms with Gasteiger partial charge >= 0.3 is 0 Å². The average Bonchev–Trinajstić information content (AvgIpc) is 3.49. The van der Waals surface area contributed by atoms with Crippen LogP contribution >= 0.6 is 11.3 Å². The number of likely N-dealkylation sites (tertiary alicyclic amines) is 1. The molecule has 4 aromatic rings. The molecule has 1 saturated carbocycles. The Morgan fingerprint density at radius 1 is 1.11 bits per heavy atom. The number of nitrogens with one attached hydrogen (secondary N) is 2. The fourth-order valence-corrected chi connectivity index (χ4v) is 6.49. The molecular formula is C26H30N8O2S. The lowest BCUT2D eigenvalue weighted by Crippen LogP contribution is -2.64. The monoisotopic (exact) mass is 518 g/mol. The standard InChI is InChI=1S/C26H30N8O2S/c1-16-20(14-32(3)31-16)22-15-34-25(37-22)19(13-29-34)24(36)30-21-11-18(12-28-17(21)2)23(35)27-8-10-33-9-7-26(33)5-4-6-26/h11-15H,4-10H2,1-3H3,(H,27,35)(H,30,36). The fraction of sp³-hybridized carbons (Fsp3) is 0.423. The van der Waals surface area contributed by atoms with E-state index in [-0.39, 0.29) is 11.8 Å². The quantitative estimate of drug-likeness (QED) is 0.388. The third-order valence-electron chi connectivity index (χ3n) is 7.79. The van der Waals surface area contributed by atoms with Gasteiger partial charge in [0.15, 0.2) is 0 Å². The highest BCUT2D eigenvalue weighted by atomic mass is 32.1. The first-order chi connectivity index (χ1) is 17.8. The van der Waals surface area contributed by atoms with Gasteiger partial charge in [-0.05, 0) is 45.6 Å². The number of nitrogens with zero attached hydrogens (tertiary/aromatic N) is 6. The van der Waals surface area contributed by atoms with Gasteiger partial charge in [-0.3, -0.25) is 24.2 Å². The summed E-state index contributed by atoms with van der Waals surface area (Å²) in [7, 11) is 1.88. The molecular weight excluding hydrogens is 488 g/mol. The molecule has 2 N–H and O–H groups in total. The summed E-state index contributed by atoms with van der Waals surface area (Å²) in [6.07, 6.45) is 12.1. The lowest BCUT2D eigenvalue weighted by atomic mass is 9.68. The van der Waals surface area contributed by atoms with Gasteiger partial charge in [0.25, 0.3) is 11.8 Å². The van der Waals surface area contributed by atoms with Crippen LogP contribution < -0.4 is 10.6 Å². The zero-order valence-corrected chi connectivity index (χ0v) is 22.1. The van der Waals surface area contributed by atoms with Gasteiger partial charge in [-0.2, -0.15) is 10.2 Å². The zero-order valence-electron chi connectivity index (χ0n) is 21.2. The summed E-state index contributed by atoms with van der Waals surface area (Å²) in [6, 6.07) is 1.69. The van der Waals surface area contributed by atoms with Gasteiger partial charge in [0.1, 0.15) is 4.83 Å². The van der Waals surface area contributed by atoms with Crippen molar-refractivity contribution < 1.29 is 9.59 Å². The molecule has 0 radical (unpaired) electrons. The molecule has 2 aliphatic rings. The SMILES string of the molecule is Cc1ncc(C(=O)NCCN2CCC23CCC3)cc1NC(=O)c1cnn2cc(-c3cn(C)nc3C)sc12. The smallest absolute Gasteiger partial charge is 0.260 e. The number of thiazole rings is 1. The number of pyridine rings is 1. The number of rotatable bonds is 7. The van der Waals surface area contributed by atoms with Crippen LogP contribution in [0.4, 0.5) is 5.69 Å². The summed E-state index contributed by atoms with van der Waals surface area (Å²) in [5.41, 5.74) is 4.39. The first-order valence-electron chi connectivity index (χ1n) is 12.6. The van der Waals surface area contributed by atoms with E-state index in [1.165, 1.54) is 37.0 Å². The number of hydrogen-bond acceptors (Lipinski definition) is 7. The second-order valence-electron chi connectivity index (χ2n) is 10.1. The summed E-state index contributed by atoms with van der Waals surface area (Å²) in [5.74, 6) is -0.480. The first-order valence-corrected chi connectivity index (χ1v) is 13.4. The predicted octanol–water partition coefficient (Wildman–Crippen LogP) is 3.42. The number of aryl methyl sites for hydroxylation is 3. The van der Waals surface area contributed by atoms with Crippen LogP contribution in [0, 0.1) is 13.8 Å². The van der Waals surface area contributed by atoms with E-state index < -0.39 is 0 Å². The van der Waals surface area contributed by atoms with Crippen molar-refractivity contribution in [3.8, 4) is 10.4 Å². The summed E-state index contributed by atoms with van der Waals surface area (Å²) < 4.78 is 3.48. The Balaban J connectivity index is 1.14. The molecule has 192 valence electrons. The van der Waals surface area contributed by atoms with Gasteiger partial charge in [-0.15, -0.1) is 11.3 Å². The van der Waals surface area contributed by atoms with Gasteiger partial charge in [-0.25, -0.2) is 4.52 Å². The summed E-state index contributed by atoms with van der Waals surface area (Å²) in [4.78, 5) is 34.6. The molecule has 2 amide bonds. The van der Waals surface area contributed by atoms with E-state index in [2.05, 4.69) is 30.7 Å². The number of anilines is 1. The normalized spacial score (nSPS) is 16.5. The van der Waals surface area contributed by atoms with Crippen molar-refractivity contribution in [1.29, 1.82) is 0 Å². The molecule has 1 saturated heterocycles. The minimum Gasteiger partial charge on any atom is -0.351 e. The molecule has 0 atom stereocenters. The Kier molecular flexibility index (Phi) is 5.84. The van der Waals surface area contributed by atoms with E-state index in [1.54, 1.807) is 34.6 Å². The van der Waals surface area contributed by atoms with Crippen LogP contribution in [0.3, 0.4) is 0 Å². The Bertz CT molecular complexity index is 1510. The number of hydrogen-bond donors (Lipinski definition) is 2. The van der Waals surface area contributed by atoms with Crippen LogP contribution in [0.25, 0.3) is 15.3 Å². The van der Waals surface area contributed by atoms with E-state index >= 15 is 0 Å². The van der Waals surface area contributed by atoms with Gasteiger partial charge in [0.05, 0.1) is 39.3 Å². The maximum atomic E-state index is 13.2. The second-order valence-corrected chi connectivity index (χ2v) is 11.1. The molecule has 0 aromatic carbocycles. The van der Waals surface area contributed by atoms with Crippen molar-refractivity contribution in [1.82, 2.24) is 34.6 Å². The largest absolute Gasteiger partial charge is 0.351 e. The van der Waals surface area contributed by atoms with Crippen molar-refractivity contribution in [2.24, 2.45) is 7.05 Å². The average molecular weight is 519 g/mol.